The van der Waals surface area contributed by atoms with Gasteiger partial charge in [-0.05, 0) is 6.42 Å². The average molecular weight is 194 g/mol. The van der Waals surface area contributed by atoms with Gasteiger partial charge in [-0.1, -0.05) is 6.92 Å². The van der Waals surface area contributed by atoms with Gasteiger partial charge in [0, 0.05) is 11.6 Å². The van der Waals surface area contributed by atoms with Gasteiger partial charge in [0.2, 0.25) is 0 Å². The number of amidine groups is 1. The minimum atomic E-state index is -0.354. The highest BCUT2D eigenvalue weighted by atomic mass is 16.5. The second kappa shape index (κ2) is 3.25. The van der Waals surface area contributed by atoms with Crippen LogP contribution < -0.4 is 0 Å². The van der Waals surface area contributed by atoms with Crippen LogP contribution in [0.15, 0.2) is 16.6 Å². The zero-order valence-corrected chi connectivity index (χ0v) is 7.82. The fraction of sp³-hybridized carbons (Fsp3) is 0.444. The Bertz CT molecular complexity index is 357. The van der Waals surface area contributed by atoms with Gasteiger partial charge in [0.1, 0.15) is 6.61 Å². The molecule has 0 fully saturated rings. The molecule has 0 radical (unpaired) electrons. The van der Waals surface area contributed by atoms with Crippen LogP contribution in [0.2, 0.25) is 0 Å². The van der Waals surface area contributed by atoms with Crippen LogP contribution in [0.25, 0.3) is 0 Å². The van der Waals surface area contributed by atoms with Gasteiger partial charge < -0.3 is 4.74 Å². The van der Waals surface area contributed by atoms with Crippen molar-refractivity contribution in [2.75, 3.05) is 13.2 Å². The zero-order valence-electron chi connectivity index (χ0n) is 7.82. The number of nitrogens with zero attached hydrogens (tertiary/aromatic N) is 2. The van der Waals surface area contributed by atoms with Crippen molar-refractivity contribution in [1.29, 1.82) is 0 Å². The van der Waals surface area contributed by atoms with Gasteiger partial charge >= 0.3 is 6.02 Å². The van der Waals surface area contributed by atoms with Gasteiger partial charge in [-0.25, -0.2) is 4.99 Å². The number of carbonyl (C=O) groups is 2. The molecule has 5 heteroatoms. The van der Waals surface area contributed by atoms with Crippen LogP contribution in [0.5, 0.6) is 0 Å². The maximum Gasteiger partial charge on any atom is 0.302 e. The van der Waals surface area contributed by atoms with E-state index < -0.39 is 0 Å². The molecule has 0 saturated heterocycles. The van der Waals surface area contributed by atoms with E-state index in [1.54, 1.807) is 0 Å². The molecule has 0 saturated carbocycles. The Morgan fingerprint density at radius 3 is 2.86 bits per heavy atom. The van der Waals surface area contributed by atoms with E-state index in [-0.39, 0.29) is 17.8 Å². The van der Waals surface area contributed by atoms with Crippen molar-refractivity contribution in [3.05, 3.63) is 11.6 Å². The first-order chi connectivity index (χ1) is 6.74. The summed E-state index contributed by atoms with van der Waals surface area (Å²) in [6.07, 6.45) is 1.89. The second-order valence-corrected chi connectivity index (χ2v) is 3.01. The predicted octanol–water partition coefficient (Wildman–Crippen LogP) is 0.0778. The minimum Gasteiger partial charge on any atom is -0.463 e. The van der Waals surface area contributed by atoms with Crippen molar-refractivity contribution in [3.8, 4) is 0 Å². The molecule has 0 spiro atoms. The molecule has 14 heavy (non-hydrogen) atoms. The normalized spacial score (nSPS) is 21.1. The molecule has 0 aromatic carbocycles. The van der Waals surface area contributed by atoms with Crippen LogP contribution in [-0.2, 0) is 14.3 Å². The standard InChI is InChI=1S/C9H10N2O3/c1-2-6-5-7(12)11(8(6)13)9-10-3-4-14-9/h5H,2-4H2,1H3. The molecule has 0 bridgehead atoms. The van der Waals surface area contributed by atoms with Gasteiger partial charge in [-0.3, -0.25) is 9.59 Å². The molecule has 0 aromatic rings. The number of hydrogen-bond donors (Lipinski definition) is 0. The minimum absolute atomic E-state index is 0.139. The molecule has 2 rings (SSSR count). The van der Waals surface area contributed by atoms with Gasteiger partial charge in [-0.15, -0.1) is 0 Å². The van der Waals surface area contributed by atoms with Crippen LogP contribution in [0.1, 0.15) is 13.3 Å². The monoisotopic (exact) mass is 194 g/mol. The Labute approximate surface area is 81.0 Å². The van der Waals surface area contributed by atoms with Crippen molar-refractivity contribution in [2.45, 2.75) is 13.3 Å². The number of amides is 2. The largest absolute Gasteiger partial charge is 0.463 e. The molecule has 2 heterocycles. The summed E-state index contributed by atoms with van der Waals surface area (Å²) >= 11 is 0. The van der Waals surface area contributed by atoms with E-state index in [9.17, 15) is 9.59 Å². The first kappa shape index (κ1) is 8.93. The number of ether oxygens (including phenoxy) is 1. The first-order valence-electron chi connectivity index (χ1n) is 4.50. The topological polar surface area (TPSA) is 59.0 Å². The van der Waals surface area contributed by atoms with Crippen LogP contribution in [0.3, 0.4) is 0 Å². The molecule has 0 atom stereocenters. The van der Waals surface area contributed by atoms with Crippen LogP contribution in [-0.4, -0.2) is 35.9 Å². The first-order valence-corrected chi connectivity index (χ1v) is 4.50. The lowest BCUT2D eigenvalue weighted by Gasteiger charge is -2.12. The molecule has 2 amide bonds. The van der Waals surface area contributed by atoms with E-state index in [4.69, 9.17) is 4.74 Å². The summed E-state index contributed by atoms with van der Waals surface area (Å²) in [7, 11) is 0. The van der Waals surface area contributed by atoms with Crippen LogP contribution >= 0.6 is 0 Å². The third-order valence-corrected chi connectivity index (χ3v) is 2.14. The van der Waals surface area contributed by atoms with Gasteiger partial charge in [-0.2, -0.15) is 4.90 Å². The molecule has 0 unspecified atom stereocenters. The maximum atomic E-state index is 11.6. The quantitative estimate of drug-likeness (QED) is 0.555. The molecule has 0 N–H and O–H groups in total. The lowest BCUT2D eigenvalue weighted by atomic mass is 10.2. The van der Waals surface area contributed by atoms with Gasteiger partial charge in [0.05, 0.1) is 6.54 Å². The van der Waals surface area contributed by atoms with Gasteiger partial charge in [0.15, 0.2) is 0 Å². The Kier molecular flexibility index (Phi) is 2.07. The van der Waals surface area contributed by atoms with Crippen LogP contribution in [0.4, 0.5) is 0 Å². The summed E-state index contributed by atoms with van der Waals surface area (Å²) in [6.45, 7) is 2.78. The van der Waals surface area contributed by atoms with E-state index in [2.05, 4.69) is 4.99 Å². The smallest absolute Gasteiger partial charge is 0.302 e. The van der Waals surface area contributed by atoms with Crippen LogP contribution in [0, 0.1) is 0 Å². The maximum absolute atomic E-state index is 11.6. The zero-order chi connectivity index (χ0) is 10.1. The Balaban J connectivity index is 2.24. The molecular formula is C9H10N2O3. The molecule has 0 aliphatic carbocycles. The lowest BCUT2D eigenvalue weighted by Crippen LogP contribution is -2.37. The average Bonchev–Trinajstić information content (AvgIpc) is 2.74. The highest BCUT2D eigenvalue weighted by Crippen LogP contribution is 2.17. The van der Waals surface area contributed by atoms with Crippen molar-refractivity contribution >= 4 is 17.8 Å². The Hall–Kier alpha value is -1.65. The SMILES string of the molecule is CCC1=CC(=O)N(C2=NCCO2)C1=O. The van der Waals surface area contributed by atoms with Crippen molar-refractivity contribution in [2.24, 2.45) is 4.99 Å². The Morgan fingerprint density at radius 1 is 1.57 bits per heavy atom. The summed E-state index contributed by atoms with van der Waals surface area (Å²) in [4.78, 5) is 27.9. The number of rotatable bonds is 1. The van der Waals surface area contributed by atoms with E-state index in [0.717, 1.165) is 4.90 Å². The third-order valence-electron chi connectivity index (χ3n) is 2.14. The summed E-state index contributed by atoms with van der Waals surface area (Å²) in [5.41, 5.74) is 0.508. The van der Waals surface area contributed by atoms with E-state index in [1.807, 2.05) is 6.92 Å². The third kappa shape index (κ3) is 1.21. The van der Waals surface area contributed by atoms with Crippen molar-refractivity contribution in [1.82, 2.24) is 4.90 Å². The molecule has 5 nitrogen and oxygen atoms in total. The highest BCUT2D eigenvalue weighted by Gasteiger charge is 2.35. The molecular weight excluding hydrogens is 184 g/mol. The van der Waals surface area contributed by atoms with E-state index >= 15 is 0 Å². The van der Waals surface area contributed by atoms with E-state index in [0.29, 0.717) is 25.1 Å². The summed E-state index contributed by atoms with van der Waals surface area (Å²) in [6, 6.07) is 0.139. The van der Waals surface area contributed by atoms with Crippen molar-refractivity contribution < 1.29 is 14.3 Å². The highest BCUT2D eigenvalue weighted by molar-refractivity contribution is 6.24. The molecule has 2 aliphatic heterocycles. The second-order valence-electron chi connectivity index (χ2n) is 3.01. The number of aliphatic imine (C=N–C) groups is 1. The van der Waals surface area contributed by atoms with Gasteiger partial charge in [0.25, 0.3) is 11.8 Å². The molecule has 74 valence electrons. The predicted molar refractivity (Wildman–Crippen MR) is 48.5 cm³/mol. The fourth-order valence-electron chi connectivity index (χ4n) is 1.41. The molecule has 2 aliphatic rings. The number of carbonyl (C=O) groups excluding carboxylic acids is 2. The summed E-state index contributed by atoms with van der Waals surface area (Å²) in [5, 5.41) is 0. The summed E-state index contributed by atoms with van der Waals surface area (Å²) in [5.74, 6) is -0.661. The number of imide groups is 1. The summed E-state index contributed by atoms with van der Waals surface area (Å²) < 4.78 is 5.07. The van der Waals surface area contributed by atoms with Crippen molar-refractivity contribution in [3.63, 3.8) is 0 Å². The molecule has 0 aromatic heterocycles. The lowest BCUT2D eigenvalue weighted by molar-refractivity contribution is -0.133. The Morgan fingerprint density at radius 2 is 2.36 bits per heavy atom. The van der Waals surface area contributed by atoms with E-state index in [1.165, 1.54) is 6.08 Å². The number of hydrogen-bond acceptors (Lipinski definition) is 4. The fourth-order valence-corrected chi connectivity index (χ4v) is 1.41.